The zero-order valence-corrected chi connectivity index (χ0v) is 15.1. The van der Waals surface area contributed by atoms with Gasteiger partial charge in [-0.2, -0.15) is 0 Å². The van der Waals surface area contributed by atoms with Crippen LogP contribution in [0.4, 0.5) is 8.78 Å². The average molecular weight is 379 g/mol. The number of aryl methyl sites for hydroxylation is 1. The Morgan fingerprint density at radius 2 is 1.96 bits per heavy atom. The molecule has 0 bridgehead atoms. The smallest absolute Gasteiger partial charge is 0.271 e. The molecule has 0 amide bonds. The van der Waals surface area contributed by atoms with Crippen LogP contribution in [-0.4, -0.2) is 15.0 Å². The summed E-state index contributed by atoms with van der Waals surface area (Å²) in [5, 5.41) is -0.131. The first kappa shape index (κ1) is 17.4. The van der Waals surface area contributed by atoms with Crippen LogP contribution in [0.15, 0.2) is 15.7 Å². The summed E-state index contributed by atoms with van der Waals surface area (Å²) in [4.78, 5) is 25.1. The molecule has 0 atom stereocenters. The standard InChI is InChI=1S/C18H19F2N3O2S/c1-2-23-15-10(16(24)13-17(25)22-26-18(13)23)7-11(19)12(14(15)20)8-3-5-9(21)6-4-8/h7-9H,2-6,21H2,1H3,(H,22,25). The van der Waals surface area contributed by atoms with Crippen molar-refractivity contribution in [3.05, 3.63) is 43.8 Å². The number of aromatic nitrogens is 2. The van der Waals surface area contributed by atoms with Gasteiger partial charge in [-0.15, -0.1) is 0 Å². The number of hydrogen-bond acceptors (Lipinski definition) is 4. The summed E-state index contributed by atoms with van der Waals surface area (Å²) in [5.41, 5.74) is 4.87. The van der Waals surface area contributed by atoms with Crippen molar-refractivity contribution in [3.8, 4) is 0 Å². The molecule has 1 fully saturated rings. The van der Waals surface area contributed by atoms with Crippen LogP contribution in [-0.2, 0) is 6.54 Å². The molecule has 26 heavy (non-hydrogen) atoms. The third-order valence-electron chi connectivity index (χ3n) is 5.39. The quantitative estimate of drug-likeness (QED) is 0.718. The van der Waals surface area contributed by atoms with E-state index in [2.05, 4.69) is 4.37 Å². The molecule has 2 aromatic heterocycles. The summed E-state index contributed by atoms with van der Waals surface area (Å²) in [6.07, 6.45) is 2.69. The van der Waals surface area contributed by atoms with Gasteiger partial charge in [0.1, 0.15) is 16.0 Å². The van der Waals surface area contributed by atoms with Crippen molar-refractivity contribution >= 4 is 32.7 Å². The number of pyridine rings is 1. The van der Waals surface area contributed by atoms with Crippen molar-refractivity contribution in [2.24, 2.45) is 5.73 Å². The Bertz CT molecular complexity index is 1120. The number of halogens is 2. The zero-order chi connectivity index (χ0) is 18.6. The maximum atomic E-state index is 15.5. The summed E-state index contributed by atoms with van der Waals surface area (Å²) < 4.78 is 34.4. The second kappa shape index (κ2) is 6.28. The molecule has 3 N–H and O–H groups in total. The monoisotopic (exact) mass is 379 g/mol. The lowest BCUT2D eigenvalue weighted by atomic mass is 9.81. The van der Waals surface area contributed by atoms with Crippen LogP contribution >= 0.6 is 11.5 Å². The van der Waals surface area contributed by atoms with E-state index in [0.717, 1.165) is 30.4 Å². The fourth-order valence-corrected chi connectivity index (χ4v) is 4.97. The number of nitrogens with two attached hydrogens (primary N) is 1. The molecule has 1 aromatic carbocycles. The number of fused-ring (bicyclic) bond motifs is 2. The van der Waals surface area contributed by atoms with Gasteiger partial charge < -0.3 is 10.3 Å². The van der Waals surface area contributed by atoms with E-state index in [0.29, 0.717) is 24.2 Å². The summed E-state index contributed by atoms with van der Waals surface area (Å²) in [5.74, 6) is -1.66. The van der Waals surface area contributed by atoms with Crippen molar-refractivity contribution in [2.75, 3.05) is 0 Å². The van der Waals surface area contributed by atoms with Gasteiger partial charge in [-0.1, -0.05) is 0 Å². The first-order valence-electron chi connectivity index (χ1n) is 8.75. The Morgan fingerprint density at radius 1 is 1.27 bits per heavy atom. The first-order valence-corrected chi connectivity index (χ1v) is 9.56. The topological polar surface area (TPSA) is 80.9 Å². The van der Waals surface area contributed by atoms with Gasteiger partial charge in [0.25, 0.3) is 5.56 Å². The highest BCUT2D eigenvalue weighted by atomic mass is 32.1. The molecule has 0 saturated heterocycles. The second-order valence-electron chi connectivity index (χ2n) is 6.88. The molecule has 0 aliphatic heterocycles. The highest BCUT2D eigenvalue weighted by Crippen LogP contribution is 2.37. The van der Waals surface area contributed by atoms with E-state index in [9.17, 15) is 14.0 Å². The Labute approximate surface area is 151 Å². The maximum absolute atomic E-state index is 15.5. The molecule has 0 radical (unpaired) electrons. The molecule has 1 saturated carbocycles. The lowest BCUT2D eigenvalue weighted by Crippen LogP contribution is -2.26. The summed E-state index contributed by atoms with van der Waals surface area (Å²) >= 11 is 0.997. The Hall–Kier alpha value is -2.06. The first-order chi connectivity index (χ1) is 12.4. The molecule has 2 heterocycles. The van der Waals surface area contributed by atoms with Crippen LogP contribution in [0.5, 0.6) is 0 Å². The molecule has 0 spiro atoms. The third-order valence-corrected chi connectivity index (χ3v) is 6.30. The van der Waals surface area contributed by atoms with Crippen molar-refractivity contribution in [1.29, 1.82) is 0 Å². The number of H-pyrrole nitrogens is 1. The molecule has 4 rings (SSSR count). The average Bonchev–Trinajstić information content (AvgIpc) is 3.00. The van der Waals surface area contributed by atoms with Gasteiger partial charge in [-0.25, -0.2) is 8.78 Å². The van der Waals surface area contributed by atoms with Crippen molar-refractivity contribution in [1.82, 2.24) is 8.94 Å². The number of nitrogens with zero attached hydrogens (tertiary/aromatic N) is 1. The van der Waals surface area contributed by atoms with Crippen LogP contribution in [0.1, 0.15) is 44.1 Å². The van der Waals surface area contributed by atoms with Crippen molar-refractivity contribution in [3.63, 3.8) is 0 Å². The highest BCUT2D eigenvalue weighted by Gasteiger charge is 2.29. The van der Waals surface area contributed by atoms with Crippen LogP contribution in [0.3, 0.4) is 0 Å². The lowest BCUT2D eigenvalue weighted by Gasteiger charge is -2.27. The maximum Gasteiger partial charge on any atom is 0.271 e. The zero-order valence-electron chi connectivity index (χ0n) is 14.3. The van der Waals surface area contributed by atoms with Crippen LogP contribution in [0.2, 0.25) is 0 Å². The van der Waals surface area contributed by atoms with Crippen LogP contribution in [0.25, 0.3) is 21.1 Å². The molecular weight excluding hydrogens is 360 g/mol. The minimum absolute atomic E-state index is 0.0354. The number of aromatic amines is 1. The second-order valence-corrected chi connectivity index (χ2v) is 7.68. The Kier molecular flexibility index (Phi) is 4.19. The highest BCUT2D eigenvalue weighted by molar-refractivity contribution is 7.12. The van der Waals surface area contributed by atoms with E-state index in [1.165, 1.54) is 0 Å². The van der Waals surface area contributed by atoms with Gasteiger partial charge in [0.2, 0.25) is 5.43 Å². The summed E-state index contributed by atoms with van der Waals surface area (Å²) in [7, 11) is 0. The fraction of sp³-hybridized carbons (Fsp3) is 0.444. The van der Waals surface area contributed by atoms with E-state index >= 15 is 4.39 Å². The van der Waals surface area contributed by atoms with Gasteiger partial charge in [0.15, 0.2) is 5.82 Å². The van der Waals surface area contributed by atoms with E-state index in [1.54, 1.807) is 11.5 Å². The number of hydrogen-bond donors (Lipinski definition) is 2. The van der Waals surface area contributed by atoms with Crippen molar-refractivity contribution in [2.45, 2.75) is 51.1 Å². The van der Waals surface area contributed by atoms with E-state index in [-0.39, 0.29) is 33.8 Å². The molecular formula is C18H19F2N3O2S. The largest absolute Gasteiger partial charge is 0.329 e. The van der Waals surface area contributed by atoms with Crippen LogP contribution < -0.4 is 16.7 Å². The fourth-order valence-electron chi connectivity index (χ4n) is 4.06. The van der Waals surface area contributed by atoms with Gasteiger partial charge >= 0.3 is 0 Å². The molecule has 1 aliphatic rings. The predicted octanol–water partition coefficient (Wildman–Crippen LogP) is 3.19. The molecule has 0 unspecified atom stereocenters. The van der Waals surface area contributed by atoms with E-state index in [1.807, 2.05) is 0 Å². The number of nitrogens with one attached hydrogen (secondary N) is 1. The van der Waals surface area contributed by atoms with Gasteiger partial charge in [-0.05, 0) is 56.1 Å². The van der Waals surface area contributed by atoms with E-state index in [4.69, 9.17) is 5.73 Å². The Morgan fingerprint density at radius 3 is 2.62 bits per heavy atom. The molecule has 1 aliphatic carbocycles. The molecule has 3 aromatic rings. The van der Waals surface area contributed by atoms with Gasteiger partial charge in [0.05, 0.1) is 10.9 Å². The molecule has 138 valence electrons. The number of rotatable bonds is 2. The normalized spacial score (nSPS) is 20.9. The summed E-state index contributed by atoms with van der Waals surface area (Å²) in [6.45, 7) is 2.16. The van der Waals surface area contributed by atoms with E-state index < -0.39 is 22.6 Å². The minimum Gasteiger partial charge on any atom is -0.329 e. The molecule has 5 nitrogen and oxygen atoms in total. The third kappa shape index (κ3) is 2.43. The lowest BCUT2D eigenvalue weighted by molar-refractivity contribution is 0.377. The van der Waals surface area contributed by atoms with Gasteiger partial charge in [0, 0.05) is 18.2 Å². The number of benzene rings is 1. The van der Waals surface area contributed by atoms with Gasteiger partial charge in [-0.3, -0.25) is 14.0 Å². The van der Waals surface area contributed by atoms with Crippen LogP contribution in [0, 0.1) is 11.6 Å². The SMILES string of the molecule is CCn1c2s[nH]c(=O)c2c(=O)c2cc(F)c(C3CCC(N)CC3)c(F)c21. The molecule has 8 heteroatoms. The minimum atomic E-state index is -0.721. The predicted molar refractivity (Wildman–Crippen MR) is 99.0 cm³/mol. The summed E-state index contributed by atoms with van der Waals surface area (Å²) in [6, 6.07) is 1.16. The van der Waals surface area contributed by atoms with Crippen molar-refractivity contribution < 1.29 is 8.78 Å². The Balaban J connectivity index is 2.07.